The fourth-order valence-electron chi connectivity index (χ4n) is 2.90. The van der Waals surface area contributed by atoms with Gasteiger partial charge < -0.3 is 9.47 Å². The van der Waals surface area contributed by atoms with Gasteiger partial charge in [0, 0.05) is 11.6 Å². The average Bonchev–Trinajstić information content (AvgIpc) is 2.99. The lowest BCUT2D eigenvalue weighted by atomic mass is 10.1. The molecule has 8 nitrogen and oxygen atoms in total. The molecule has 2 N–H and O–H groups in total. The molecule has 0 bridgehead atoms. The minimum atomic E-state index is -0.867. The number of carbonyl (C=O) groups excluding carboxylic acids is 3. The molecular weight excluding hydrogens is 362 g/mol. The van der Waals surface area contributed by atoms with Crippen molar-refractivity contribution in [2.45, 2.75) is 19.4 Å². The van der Waals surface area contributed by atoms with E-state index in [0.29, 0.717) is 22.7 Å². The zero-order chi connectivity index (χ0) is 20.3. The van der Waals surface area contributed by atoms with Crippen molar-refractivity contribution in [3.05, 3.63) is 53.6 Å². The maximum absolute atomic E-state index is 12.7. The molecule has 1 atom stereocenters. The van der Waals surface area contributed by atoms with Gasteiger partial charge in [-0.3, -0.25) is 19.8 Å². The molecule has 8 heteroatoms. The number of anilines is 1. The van der Waals surface area contributed by atoms with Gasteiger partial charge in [0.15, 0.2) is 0 Å². The summed E-state index contributed by atoms with van der Waals surface area (Å²) in [6, 6.07) is 10.9. The van der Waals surface area contributed by atoms with E-state index in [1.54, 1.807) is 30.3 Å². The number of hydrazine groups is 1. The lowest BCUT2D eigenvalue weighted by molar-refractivity contribution is -0.121. The Labute approximate surface area is 162 Å². The number of rotatable bonds is 6. The first-order valence-electron chi connectivity index (χ1n) is 8.66. The molecule has 0 saturated carbocycles. The number of ether oxygens (including phenoxy) is 2. The number of benzene rings is 2. The molecule has 2 aromatic rings. The van der Waals surface area contributed by atoms with Gasteiger partial charge in [-0.1, -0.05) is 17.7 Å². The Bertz CT molecular complexity index is 911. The van der Waals surface area contributed by atoms with Gasteiger partial charge in [0.1, 0.15) is 17.5 Å². The Hall–Kier alpha value is -3.39. The van der Waals surface area contributed by atoms with E-state index in [4.69, 9.17) is 9.47 Å². The Kier molecular flexibility index (Phi) is 5.60. The highest BCUT2D eigenvalue weighted by atomic mass is 16.5. The lowest BCUT2D eigenvalue weighted by Crippen LogP contribution is -2.48. The summed E-state index contributed by atoms with van der Waals surface area (Å²) < 4.78 is 10.4. The zero-order valence-corrected chi connectivity index (χ0v) is 15.8. The van der Waals surface area contributed by atoms with Crippen LogP contribution in [0.2, 0.25) is 0 Å². The fraction of sp³-hybridized carbons (Fsp3) is 0.250. The molecule has 3 amide bonds. The lowest BCUT2D eigenvalue weighted by Gasteiger charge is -2.19. The summed E-state index contributed by atoms with van der Waals surface area (Å²) in [5.74, 6) is -0.376. The highest BCUT2D eigenvalue weighted by Crippen LogP contribution is 2.35. The standard InChI is InChI=1S/C20H21N3O5/c1-12-4-6-13(7-5-12)19(25)22-21-15-11-18(24)23(20(15)26)16-9-8-14(27-2)10-17(16)28-3/h4-10,15,21H,11H2,1-3H3,(H,22,25)/t15-/m0/s1. The minimum Gasteiger partial charge on any atom is -0.497 e. The third-order valence-electron chi connectivity index (χ3n) is 4.45. The van der Waals surface area contributed by atoms with E-state index in [9.17, 15) is 14.4 Å². The SMILES string of the molecule is COc1ccc(N2C(=O)C[C@H](NNC(=O)c3ccc(C)cc3)C2=O)c(OC)c1. The zero-order valence-electron chi connectivity index (χ0n) is 15.8. The molecule has 0 radical (unpaired) electrons. The summed E-state index contributed by atoms with van der Waals surface area (Å²) in [5.41, 5.74) is 6.95. The number of nitrogens with one attached hydrogen (secondary N) is 2. The van der Waals surface area contributed by atoms with Gasteiger partial charge in [0.25, 0.3) is 11.8 Å². The fourth-order valence-corrected chi connectivity index (χ4v) is 2.90. The molecule has 1 aliphatic heterocycles. The highest BCUT2D eigenvalue weighted by molar-refractivity contribution is 6.23. The van der Waals surface area contributed by atoms with Gasteiger partial charge in [-0.2, -0.15) is 0 Å². The number of hydrogen-bond donors (Lipinski definition) is 2. The van der Waals surface area contributed by atoms with Crippen LogP contribution >= 0.6 is 0 Å². The third kappa shape index (κ3) is 3.81. The average molecular weight is 383 g/mol. The molecule has 0 aromatic heterocycles. The summed E-state index contributed by atoms with van der Waals surface area (Å²) in [7, 11) is 2.96. The maximum Gasteiger partial charge on any atom is 0.265 e. The highest BCUT2D eigenvalue weighted by Gasteiger charge is 2.41. The molecule has 1 fully saturated rings. The van der Waals surface area contributed by atoms with Crippen molar-refractivity contribution in [3.63, 3.8) is 0 Å². The Balaban J connectivity index is 1.71. The summed E-state index contributed by atoms with van der Waals surface area (Å²) in [4.78, 5) is 38.4. The van der Waals surface area contributed by atoms with Crippen LogP contribution in [0.5, 0.6) is 11.5 Å². The molecule has 0 spiro atoms. The van der Waals surface area contributed by atoms with Crippen molar-refractivity contribution in [1.82, 2.24) is 10.9 Å². The minimum absolute atomic E-state index is 0.0812. The number of amides is 3. The number of imide groups is 1. The summed E-state index contributed by atoms with van der Waals surface area (Å²) in [6.07, 6.45) is -0.0812. The molecule has 146 valence electrons. The molecule has 2 aromatic carbocycles. The summed E-state index contributed by atoms with van der Waals surface area (Å²) in [6.45, 7) is 1.92. The molecule has 1 aliphatic rings. The molecule has 0 aliphatic carbocycles. The van der Waals surface area contributed by atoms with E-state index in [2.05, 4.69) is 10.9 Å². The summed E-state index contributed by atoms with van der Waals surface area (Å²) in [5, 5.41) is 0. The largest absolute Gasteiger partial charge is 0.497 e. The second-order valence-corrected chi connectivity index (χ2v) is 6.33. The van der Waals surface area contributed by atoms with Crippen molar-refractivity contribution in [1.29, 1.82) is 0 Å². The quantitative estimate of drug-likeness (QED) is 0.581. The van der Waals surface area contributed by atoms with Crippen LogP contribution in [-0.4, -0.2) is 38.0 Å². The van der Waals surface area contributed by atoms with E-state index in [0.717, 1.165) is 10.5 Å². The first-order valence-corrected chi connectivity index (χ1v) is 8.66. The van der Waals surface area contributed by atoms with E-state index in [-0.39, 0.29) is 12.3 Å². The van der Waals surface area contributed by atoms with Gasteiger partial charge in [-0.05, 0) is 31.2 Å². The van der Waals surface area contributed by atoms with Crippen molar-refractivity contribution in [2.75, 3.05) is 19.1 Å². The Morgan fingerprint density at radius 3 is 2.43 bits per heavy atom. The first-order chi connectivity index (χ1) is 13.4. The molecular formula is C20H21N3O5. The monoisotopic (exact) mass is 383 g/mol. The van der Waals surface area contributed by atoms with E-state index in [1.807, 2.05) is 19.1 Å². The van der Waals surface area contributed by atoms with Crippen LogP contribution in [0.1, 0.15) is 22.3 Å². The van der Waals surface area contributed by atoms with E-state index < -0.39 is 17.9 Å². The number of methoxy groups -OCH3 is 2. The van der Waals surface area contributed by atoms with Crippen LogP contribution in [-0.2, 0) is 9.59 Å². The van der Waals surface area contributed by atoms with Crippen LogP contribution in [0.4, 0.5) is 5.69 Å². The van der Waals surface area contributed by atoms with Crippen molar-refractivity contribution in [3.8, 4) is 11.5 Å². The molecule has 1 heterocycles. The van der Waals surface area contributed by atoms with Gasteiger partial charge >= 0.3 is 0 Å². The van der Waals surface area contributed by atoms with Crippen molar-refractivity contribution < 1.29 is 23.9 Å². The van der Waals surface area contributed by atoms with Gasteiger partial charge in [0.2, 0.25) is 5.91 Å². The molecule has 0 unspecified atom stereocenters. The number of carbonyl (C=O) groups is 3. The Morgan fingerprint density at radius 1 is 1.07 bits per heavy atom. The van der Waals surface area contributed by atoms with E-state index >= 15 is 0 Å². The maximum atomic E-state index is 12.7. The Morgan fingerprint density at radius 2 is 1.79 bits per heavy atom. The number of aryl methyl sites for hydroxylation is 1. The topological polar surface area (TPSA) is 97.0 Å². The second kappa shape index (κ2) is 8.10. The number of nitrogens with zero attached hydrogens (tertiary/aromatic N) is 1. The predicted octanol–water partition coefficient (Wildman–Crippen LogP) is 1.58. The van der Waals surface area contributed by atoms with Gasteiger partial charge in [0.05, 0.1) is 26.3 Å². The molecule has 3 rings (SSSR count). The molecule has 1 saturated heterocycles. The molecule has 28 heavy (non-hydrogen) atoms. The van der Waals surface area contributed by atoms with E-state index in [1.165, 1.54) is 14.2 Å². The normalized spacial score (nSPS) is 16.2. The van der Waals surface area contributed by atoms with Crippen molar-refractivity contribution >= 4 is 23.4 Å². The third-order valence-corrected chi connectivity index (χ3v) is 4.45. The van der Waals surface area contributed by atoms with Crippen LogP contribution in [0, 0.1) is 6.92 Å². The van der Waals surface area contributed by atoms with Crippen LogP contribution in [0.15, 0.2) is 42.5 Å². The van der Waals surface area contributed by atoms with Gasteiger partial charge in [-0.15, -0.1) is 0 Å². The van der Waals surface area contributed by atoms with Crippen LogP contribution < -0.4 is 25.2 Å². The summed E-state index contributed by atoms with van der Waals surface area (Å²) >= 11 is 0. The predicted molar refractivity (Wildman–Crippen MR) is 102 cm³/mol. The number of hydrogen-bond acceptors (Lipinski definition) is 6. The first kappa shape index (κ1) is 19.4. The smallest absolute Gasteiger partial charge is 0.265 e. The van der Waals surface area contributed by atoms with Gasteiger partial charge in [-0.25, -0.2) is 10.3 Å². The van der Waals surface area contributed by atoms with Crippen molar-refractivity contribution in [2.24, 2.45) is 0 Å². The van der Waals surface area contributed by atoms with Crippen LogP contribution in [0.3, 0.4) is 0 Å². The van der Waals surface area contributed by atoms with Crippen LogP contribution in [0.25, 0.3) is 0 Å². The second-order valence-electron chi connectivity index (χ2n) is 6.33.